The molecule has 0 saturated heterocycles. The van der Waals surface area contributed by atoms with Gasteiger partial charge >= 0.3 is 6.29 Å². The fourth-order valence-electron chi connectivity index (χ4n) is 3.79. The van der Waals surface area contributed by atoms with Gasteiger partial charge in [0.05, 0.1) is 30.3 Å². The Balaban J connectivity index is 1.22. The smallest absolute Gasteiger partial charge is 0.395 e. The SMILES string of the molecule is Cc1c(F)cccc1-c1nc2cnn(Cc3ccc(-c4ccc5c(c4)OC(F)(F)O5)nn3)cc-2n1. The number of nitrogens with zero attached hydrogens (tertiary/aromatic N) is 6. The van der Waals surface area contributed by atoms with Crippen LogP contribution in [-0.2, 0) is 6.54 Å². The van der Waals surface area contributed by atoms with Crippen LogP contribution >= 0.6 is 0 Å². The Morgan fingerprint density at radius 3 is 2.57 bits per heavy atom. The van der Waals surface area contributed by atoms with Crippen LogP contribution in [0.1, 0.15) is 11.3 Å². The van der Waals surface area contributed by atoms with E-state index in [4.69, 9.17) is 0 Å². The van der Waals surface area contributed by atoms with Crippen LogP contribution in [0.25, 0.3) is 34.0 Å². The van der Waals surface area contributed by atoms with Gasteiger partial charge in [-0.1, -0.05) is 12.1 Å². The molecule has 3 aliphatic heterocycles. The van der Waals surface area contributed by atoms with Gasteiger partial charge in [-0.15, -0.1) is 8.78 Å². The van der Waals surface area contributed by atoms with Crippen molar-refractivity contribution in [2.24, 2.45) is 0 Å². The number of alkyl halides is 2. The third-order valence-corrected chi connectivity index (χ3v) is 5.56. The van der Waals surface area contributed by atoms with E-state index in [2.05, 4.69) is 34.7 Å². The molecule has 3 aromatic rings. The number of benzene rings is 2. The van der Waals surface area contributed by atoms with E-state index in [1.54, 1.807) is 54.3 Å². The zero-order valence-corrected chi connectivity index (χ0v) is 18.1. The van der Waals surface area contributed by atoms with Crippen molar-refractivity contribution < 1.29 is 22.6 Å². The van der Waals surface area contributed by atoms with Crippen molar-refractivity contribution >= 4 is 0 Å². The van der Waals surface area contributed by atoms with Crippen LogP contribution in [0.5, 0.6) is 11.5 Å². The Hall–Kier alpha value is -4.54. The first-order chi connectivity index (χ1) is 16.8. The third-order valence-electron chi connectivity index (χ3n) is 5.56. The zero-order valence-electron chi connectivity index (χ0n) is 18.1. The highest BCUT2D eigenvalue weighted by Crippen LogP contribution is 2.42. The number of fused-ring (bicyclic) bond motifs is 2. The number of ether oxygens (including phenoxy) is 2. The molecule has 0 atom stereocenters. The van der Waals surface area contributed by atoms with Crippen LogP contribution in [0, 0.1) is 12.7 Å². The first-order valence-electron chi connectivity index (χ1n) is 10.5. The number of halogens is 3. The van der Waals surface area contributed by atoms with Crippen LogP contribution in [0.15, 0.2) is 60.9 Å². The fraction of sp³-hybridized carbons (Fsp3) is 0.125. The molecule has 0 radical (unpaired) electrons. The highest BCUT2D eigenvalue weighted by atomic mass is 19.3. The minimum atomic E-state index is -3.68. The van der Waals surface area contributed by atoms with Gasteiger partial charge in [-0.2, -0.15) is 15.3 Å². The summed E-state index contributed by atoms with van der Waals surface area (Å²) < 4.78 is 51.0. The van der Waals surface area contributed by atoms with Crippen LogP contribution < -0.4 is 9.47 Å². The Morgan fingerprint density at radius 2 is 1.74 bits per heavy atom. The van der Waals surface area contributed by atoms with Gasteiger partial charge in [-0.3, -0.25) is 4.68 Å². The molecule has 0 unspecified atom stereocenters. The molecule has 11 heteroatoms. The zero-order chi connectivity index (χ0) is 24.2. The van der Waals surface area contributed by atoms with Crippen molar-refractivity contribution in [2.75, 3.05) is 0 Å². The average Bonchev–Trinajstić information content (AvgIpc) is 3.39. The predicted octanol–water partition coefficient (Wildman–Crippen LogP) is 4.72. The summed E-state index contributed by atoms with van der Waals surface area (Å²) in [6.07, 6.45) is -0.358. The predicted molar refractivity (Wildman–Crippen MR) is 117 cm³/mol. The molecule has 0 bridgehead atoms. The van der Waals surface area contributed by atoms with Crippen LogP contribution in [0.4, 0.5) is 13.2 Å². The molecule has 4 heterocycles. The molecule has 0 saturated carbocycles. The van der Waals surface area contributed by atoms with Crippen molar-refractivity contribution in [1.82, 2.24) is 29.9 Å². The van der Waals surface area contributed by atoms with Crippen LogP contribution in [0.2, 0.25) is 0 Å². The van der Waals surface area contributed by atoms with Gasteiger partial charge in [-0.25, -0.2) is 14.4 Å². The second kappa shape index (κ2) is 7.76. The Labute approximate surface area is 196 Å². The lowest BCUT2D eigenvalue weighted by Gasteiger charge is -2.07. The van der Waals surface area contributed by atoms with Gasteiger partial charge in [0.25, 0.3) is 0 Å². The minimum Gasteiger partial charge on any atom is -0.395 e. The average molecular weight is 476 g/mol. The standard InChI is InChI=1S/C24H15F3N6O2/c1-13-16(3-2-4-17(13)25)23-29-19-10-28-33(12-20(19)30-23)11-15-6-7-18(32-31-15)14-5-8-21-22(9-14)35-24(26,27)34-21/h2-10,12H,11H2,1H3. The maximum Gasteiger partial charge on any atom is 0.586 e. The highest BCUT2D eigenvalue weighted by Gasteiger charge is 2.43. The fourth-order valence-corrected chi connectivity index (χ4v) is 3.79. The van der Waals surface area contributed by atoms with Gasteiger partial charge in [-0.05, 0) is 48.9 Å². The third kappa shape index (κ3) is 3.90. The summed E-state index contributed by atoms with van der Waals surface area (Å²) in [4.78, 5) is 8.99. The number of hydrogen-bond acceptors (Lipinski definition) is 7. The lowest BCUT2D eigenvalue weighted by molar-refractivity contribution is -0.286. The van der Waals surface area contributed by atoms with E-state index < -0.39 is 6.29 Å². The molecule has 8 nitrogen and oxygen atoms in total. The second-order valence-electron chi connectivity index (χ2n) is 7.94. The van der Waals surface area contributed by atoms with Crippen molar-refractivity contribution in [2.45, 2.75) is 19.8 Å². The topological polar surface area (TPSA) is 87.8 Å². The first-order valence-corrected chi connectivity index (χ1v) is 10.5. The van der Waals surface area contributed by atoms with E-state index in [0.29, 0.717) is 51.8 Å². The second-order valence-corrected chi connectivity index (χ2v) is 7.94. The monoisotopic (exact) mass is 476 g/mol. The Kier molecular flexibility index (Phi) is 4.66. The van der Waals surface area contributed by atoms with E-state index in [-0.39, 0.29) is 17.3 Å². The molecule has 6 rings (SSSR count). The maximum absolute atomic E-state index is 13.9. The van der Waals surface area contributed by atoms with Gasteiger partial charge in [0.1, 0.15) is 17.2 Å². The molecule has 0 fully saturated rings. The molecule has 174 valence electrons. The maximum atomic E-state index is 13.9. The molecule has 0 N–H and O–H groups in total. The van der Waals surface area contributed by atoms with Gasteiger partial charge in [0, 0.05) is 11.1 Å². The number of rotatable bonds is 4. The van der Waals surface area contributed by atoms with E-state index in [9.17, 15) is 13.2 Å². The van der Waals surface area contributed by atoms with Gasteiger partial charge in [0.2, 0.25) is 0 Å². The molecule has 35 heavy (non-hydrogen) atoms. The molecule has 0 amide bonds. The summed E-state index contributed by atoms with van der Waals surface area (Å²) in [5.41, 5.74) is 3.98. The summed E-state index contributed by atoms with van der Waals surface area (Å²) in [6.45, 7) is 2.00. The van der Waals surface area contributed by atoms with Gasteiger partial charge < -0.3 is 9.47 Å². The van der Waals surface area contributed by atoms with Crippen molar-refractivity contribution in [3.8, 4) is 45.5 Å². The molecule has 3 aliphatic rings. The van der Waals surface area contributed by atoms with Crippen molar-refractivity contribution in [3.63, 3.8) is 0 Å². The lowest BCUT2D eigenvalue weighted by Crippen LogP contribution is -2.25. The molecular formula is C24H15F3N6O2. The number of imidazole rings is 1. The molecule has 1 aromatic heterocycles. The van der Waals surface area contributed by atoms with Crippen LogP contribution in [-0.4, -0.2) is 36.2 Å². The summed E-state index contributed by atoms with van der Waals surface area (Å²) in [5, 5.41) is 12.8. The Bertz CT molecular complexity index is 1540. The first kappa shape index (κ1) is 21.0. The summed E-state index contributed by atoms with van der Waals surface area (Å²) in [7, 11) is 0. The van der Waals surface area contributed by atoms with Crippen LogP contribution in [0.3, 0.4) is 0 Å². The van der Waals surface area contributed by atoms with E-state index in [1.165, 1.54) is 18.2 Å². The van der Waals surface area contributed by atoms with Crippen molar-refractivity contribution in [3.05, 3.63) is 78.0 Å². The largest absolute Gasteiger partial charge is 0.586 e. The quantitative estimate of drug-likeness (QED) is 0.371. The molecular weight excluding hydrogens is 461 g/mol. The summed E-state index contributed by atoms with van der Waals surface area (Å²) in [6, 6.07) is 12.7. The van der Waals surface area contributed by atoms with E-state index >= 15 is 0 Å². The normalized spacial score (nSPS) is 13.9. The lowest BCUT2D eigenvalue weighted by atomic mass is 10.1. The summed E-state index contributed by atoms with van der Waals surface area (Å²) >= 11 is 0. The van der Waals surface area contributed by atoms with E-state index in [0.717, 1.165) is 0 Å². The minimum absolute atomic E-state index is 0.0347. The summed E-state index contributed by atoms with van der Waals surface area (Å²) in [5.74, 6) is 0.0232. The van der Waals surface area contributed by atoms with Crippen molar-refractivity contribution in [1.29, 1.82) is 0 Å². The molecule has 2 aromatic carbocycles. The van der Waals surface area contributed by atoms with E-state index in [1.807, 2.05) is 0 Å². The van der Waals surface area contributed by atoms with Gasteiger partial charge in [0.15, 0.2) is 17.3 Å². The molecule has 0 aliphatic carbocycles. The number of hydrogen-bond donors (Lipinski definition) is 0. The Morgan fingerprint density at radius 1 is 0.914 bits per heavy atom. The molecule has 0 spiro atoms. The number of aromatic nitrogens is 6. The highest BCUT2D eigenvalue weighted by molar-refractivity contribution is 5.67.